The maximum Gasteiger partial charge on any atom is 0.130 e. The second kappa shape index (κ2) is 6.27. The molecule has 104 valence electrons. The van der Waals surface area contributed by atoms with Crippen molar-refractivity contribution in [1.29, 1.82) is 0 Å². The molecule has 1 heterocycles. The molecular weight excluding hydrogens is 252 g/mol. The molecule has 0 unspecified atom stereocenters. The van der Waals surface area contributed by atoms with E-state index in [1.807, 2.05) is 49.8 Å². The van der Waals surface area contributed by atoms with Gasteiger partial charge in [0, 0.05) is 12.6 Å². The Labute approximate surface area is 119 Å². The van der Waals surface area contributed by atoms with E-state index in [9.17, 15) is 0 Å². The van der Waals surface area contributed by atoms with E-state index in [4.69, 9.17) is 9.84 Å². The Morgan fingerprint density at radius 1 is 1.30 bits per heavy atom. The number of ether oxygens (including phenoxy) is 1. The van der Waals surface area contributed by atoms with Gasteiger partial charge in [0.25, 0.3) is 0 Å². The van der Waals surface area contributed by atoms with Crippen molar-refractivity contribution in [2.75, 3.05) is 6.61 Å². The SMILES string of the molecule is Cc1cc(COc2ccc(C#CCO)cc2C)n(C)n1. The Hall–Kier alpha value is -2.25. The maximum atomic E-state index is 8.68. The lowest BCUT2D eigenvalue weighted by atomic mass is 10.1. The van der Waals surface area contributed by atoms with Crippen molar-refractivity contribution in [3.05, 3.63) is 46.8 Å². The minimum absolute atomic E-state index is 0.128. The number of hydrogen-bond donors (Lipinski definition) is 1. The molecule has 2 aromatic rings. The average molecular weight is 270 g/mol. The highest BCUT2D eigenvalue weighted by Crippen LogP contribution is 2.20. The largest absolute Gasteiger partial charge is 0.487 e. The fraction of sp³-hybridized carbons (Fsp3) is 0.312. The molecule has 0 saturated heterocycles. The zero-order valence-corrected chi connectivity index (χ0v) is 12.0. The molecule has 4 nitrogen and oxygen atoms in total. The van der Waals surface area contributed by atoms with Crippen LogP contribution in [-0.2, 0) is 13.7 Å². The molecule has 1 N–H and O–H groups in total. The standard InChI is InChI=1S/C16H18N2O2/c1-12-9-14(5-4-8-19)6-7-16(12)20-11-15-10-13(2)17-18(15)3/h6-7,9-10,19H,8,11H2,1-3H3. The summed E-state index contributed by atoms with van der Waals surface area (Å²) in [6.45, 7) is 4.30. The molecule has 0 radical (unpaired) electrons. The molecule has 0 atom stereocenters. The summed E-state index contributed by atoms with van der Waals surface area (Å²) in [6.07, 6.45) is 0. The minimum Gasteiger partial charge on any atom is -0.487 e. The fourth-order valence-corrected chi connectivity index (χ4v) is 1.98. The lowest BCUT2D eigenvalue weighted by Gasteiger charge is -2.09. The van der Waals surface area contributed by atoms with E-state index in [0.717, 1.165) is 28.3 Å². The quantitative estimate of drug-likeness (QED) is 0.867. The normalized spacial score (nSPS) is 10.0. The molecule has 20 heavy (non-hydrogen) atoms. The van der Waals surface area contributed by atoms with Crippen LogP contribution in [0.25, 0.3) is 0 Å². The van der Waals surface area contributed by atoms with E-state index in [1.54, 1.807) is 0 Å². The number of nitrogens with zero attached hydrogens (tertiary/aromatic N) is 2. The molecule has 0 saturated carbocycles. The summed E-state index contributed by atoms with van der Waals surface area (Å²) in [5.74, 6) is 6.34. The van der Waals surface area contributed by atoms with Crippen LogP contribution in [0, 0.1) is 25.7 Å². The lowest BCUT2D eigenvalue weighted by molar-refractivity contribution is 0.293. The van der Waals surface area contributed by atoms with Crippen molar-refractivity contribution < 1.29 is 9.84 Å². The van der Waals surface area contributed by atoms with E-state index in [2.05, 4.69) is 16.9 Å². The summed E-state index contributed by atoms with van der Waals surface area (Å²) in [4.78, 5) is 0. The second-order valence-electron chi connectivity index (χ2n) is 4.63. The summed E-state index contributed by atoms with van der Waals surface area (Å²) in [5.41, 5.74) is 3.91. The number of aromatic nitrogens is 2. The van der Waals surface area contributed by atoms with E-state index in [-0.39, 0.29) is 6.61 Å². The van der Waals surface area contributed by atoms with Crippen molar-refractivity contribution in [2.24, 2.45) is 7.05 Å². The Morgan fingerprint density at radius 3 is 2.70 bits per heavy atom. The Kier molecular flexibility index (Phi) is 4.44. The summed E-state index contributed by atoms with van der Waals surface area (Å²) in [5, 5.41) is 13.0. The third kappa shape index (κ3) is 3.40. The number of aliphatic hydroxyl groups is 1. The van der Waals surface area contributed by atoms with Crippen LogP contribution >= 0.6 is 0 Å². The molecule has 1 aromatic carbocycles. The maximum absolute atomic E-state index is 8.68. The topological polar surface area (TPSA) is 47.3 Å². The molecule has 0 aliphatic heterocycles. The zero-order valence-electron chi connectivity index (χ0n) is 12.0. The van der Waals surface area contributed by atoms with Crippen molar-refractivity contribution >= 4 is 0 Å². The molecule has 4 heteroatoms. The van der Waals surface area contributed by atoms with Crippen LogP contribution in [-0.4, -0.2) is 21.5 Å². The molecular formula is C16H18N2O2. The van der Waals surface area contributed by atoms with E-state index in [1.165, 1.54) is 0 Å². The summed E-state index contributed by atoms with van der Waals surface area (Å²) < 4.78 is 7.64. The van der Waals surface area contributed by atoms with E-state index < -0.39 is 0 Å². The molecule has 2 rings (SSSR count). The van der Waals surface area contributed by atoms with Gasteiger partial charge in [-0.15, -0.1) is 0 Å². The highest BCUT2D eigenvalue weighted by Gasteiger charge is 2.05. The molecule has 0 bridgehead atoms. The smallest absolute Gasteiger partial charge is 0.130 e. The summed E-state index contributed by atoms with van der Waals surface area (Å²) in [6, 6.07) is 7.75. The number of aryl methyl sites for hydroxylation is 3. The van der Waals surface area contributed by atoms with Crippen LogP contribution in [0.4, 0.5) is 0 Å². The van der Waals surface area contributed by atoms with Crippen molar-refractivity contribution in [3.8, 4) is 17.6 Å². The Bertz CT molecular complexity index is 663. The predicted octanol–water partition coefficient (Wildman–Crippen LogP) is 1.96. The van der Waals surface area contributed by atoms with Crippen LogP contribution in [0.5, 0.6) is 5.75 Å². The fourth-order valence-electron chi connectivity index (χ4n) is 1.98. The Balaban J connectivity index is 2.08. The van der Waals surface area contributed by atoms with Gasteiger partial charge in [0.15, 0.2) is 0 Å². The summed E-state index contributed by atoms with van der Waals surface area (Å²) in [7, 11) is 1.91. The van der Waals surface area contributed by atoms with Crippen LogP contribution in [0.2, 0.25) is 0 Å². The first-order chi connectivity index (χ1) is 9.60. The van der Waals surface area contributed by atoms with E-state index >= 15 is 0 Å². The van der Waals surface area contributed by atoms with Crippen LogP contribution in [0.15, 0.2) is 24.3 Å². The van der Waals surface area contributed by atoms with Gasteiger partial charge in [-0.25, -0.2) is 0 Å². The van der Waals surface area contributed by atoms with Gasteiger partial charge in [-0.3, -0.25) is 4.68 Å². The van der Waals surface area contributed by atoms with Gasteiger partial charge in [0.05, 0.1) is 11.4 Å². The van der Waals surface area contributed by atoms with Gasteiger partial charge in [0.1, 0.15) is 19.0 Å². The molecule has 0 amide bonds. The molecule has 0 spiro atoms. The number of hydrogen-bond acceptors (Lipinski definition) is 3. The summed E-state index contributed by atoms with van der Waals surface area (Å²) >= 11 is 0. The average Bonchev–Trinajstić information content (AvgIpc) is 2.73. The number of rotatable bonds is 3. The second-order valence-corrected chi connectivity index (χ2v) is 4.63. The van der Waals surface area contributed by atoms with Gasteiger partial charge in [-0.2, -0.15) is 5.10 Å². The van der Waals surface area contributed by atoms with Crippen molar-refractivity contribution in [1.82, 2.24) is 9.78 Å². The lowest BCUT2D eigenvalue weighted by Crippen LogP contribution is -2.03. The first-order valence-corrected chi connectivity index (χ1v) is 6.43. The van der Waals surface area contributed by atoms with Gasteiger partial charge >= 0.3 is 0 Å². The molecule has 0 fully saturated rings. The highest BCUT2D eigenvalue weighted by atomic mass is 16.5. The van der Waals surface area contributed by atoms with Crippen LogP contribution in [0.3, 0.4) is 0 Å². The van der Waals surface area contributed by atoms with Gasteiger partial charge in [0.2, 0.25) is 0 Å². The van der Waals surface area contributed by atoms with Crippen molar-refractivity contribution in [2.45, 2.75) is 20.5 Å². The monoisotopic (exact) mass is 270 g/mol. The highest BCUT2D eigenvalue weighted by molar-refractivity contribution is 5.43. The zero-order chi connectivity index (χ0) is 14.5. The number of benzene rings is 1. The van der Waals surface area contributed by atoms with Gasteiger partial charge in [-0.05, 0) is 43.7 Å². The van der Waals surface area contributed by atoms with Crippen molar-refractivity contribution in [3.63, 3.8) is 0 Å². The van der Waals surface area contributed by atoms with E-state index in [0.29, 0.717) is 6.61 Å². The first-order valence-electron chi connectivity index (χ1n) is 6.43. The van der Waals surface area contributed by atoms with Gasteiger partial charge < -0.3 is 9.84 Å². The molecule has 0 aliphatic carbocycles. The van der Waals surface area contributed by atoms with Crippen LogP contribution < -0.4 is 4.74 Å². The minimum atomic E-state index is -0.128. The third-order valence-corrected chi connectivity index (χ3v) is 2.96. The Morgan fingerprint density at radius 2 is 2.10 bits per heavy atom. The van der Waals surface area contributed by atoms with Crippen LogP contribution in [0.1, 0.15) is 22.5 Å². The number of aliphatic hydroxyl groups excluding tert-OH is 1. The third-order valence-electron chi connectivity index (χ3n) is 2.96. The first kappa shape index (κ1) is 14.2. The molecule has 1 aromatic heterocycles. The molecule has 0 aliphatic rings. The predicted molar refractivity (Wildman–Crippen MR) is 77.4 cm³/mol. The van der Waals surface area contributed by atoms with Gasteiger partial charge in [-0.1, -0.05) is 11.8 Å².